The first-order chi connectivity index (χ1) is 14.6. The second-order valence-corrected chi connectivity index (χ2v) is 9.66. The highest BCUT2D eigenvalue weighted by atomic mass is 32.1. The number of nitrogens with zero attached hydrogens (tertiary/aromatic N) is 2. The van der Waals surface area contributed by atoms with E-state index in [0.717, 1.165) is 56.3 Å². The number of aryl methyl sites for hydroxylation is 1. The number of ether oxygens (including phenoxy) is 2. The van der Waals surface area contributed by atoms with Gasteiger partial charge in [-0.15, -0.1) is 22.7 Å². The molecule has 0 aliphatic carbocycles. The fourth-order valence-corrected chi connectivity index (χ4v) is 5.91. The van der Waals surface area contributed by atoms with Crippen molar-refractivity contribution in [1.82, 2.24) is 9.88 Å². The van der Waals surface area contributed by atoms with Crippen LogP contribution < -0.4 is 9.47 Å². The van der Waals surface area contributed by atoms with Crippen LogP contribution in [-0.2, 0) is 4.79 Å². The molecular formula is C23H22N2O3S2. The molecule has 0 spiro atoms. The Bertz CT molecular complexity index is 1210. The molecule has 30 heavy (non-hydrogen) atoms. The monoisotopic (exact) mass is 438 g/mol. The second kappa shape index (κ2) is 7.89. The summed E-state index contributed by atoms with van der Waals surface area (Å²) >= 11 is 3.32. The first kappa shape index (κ1) is 19.3. The lowest BCUT2D eigenvalue weighted by Crippen LogP contribution is -2.32. The topological polar surface area (TPSA) is 51.7 Å². The van der Waals surface area contributed by atoms with E-state index < -0.39 is 0 Å². The van der Waals surface area contributed by atoms with Crippen LogP contribution in [0.25, 0.3) is 20.3 Å². The van der Waals surface area contributed by atoms with E-state index in [-0.39, 0.29) is 12.5 Å². The third kappa shape index (κ3) is 3.52. The second-order valence-electron chi connectivity index (χ2n) is 7.50. The highest BCUT2D eigenvalue weighted by Crippen LogP contribution is 2.39. The van der Waals surface area contributed by atoms with Crippen molar-refractivity contribution in [2.45, 2.75) is 19.3 Å². The molecule has 1 fully saturated rings. The fraction of sp³-hybridized carbons (Fsp3) is 0.304. The zero-order valence-electron chi connectivity index (χ0n) is 16.9. The summed E-state index contributed by atoms with van der Waals surface area (Å²) < 4.78 is 13.5. The molecule has 0 bridgehead atoms. The van der Waals surface area contributed by atoms with Gasteiger partial charge >= 0.3 is 0 Å². The molecule has 0 N–H and O–H groups in total. The molecule has 154 valence electrons. The standard InChI is InChI=1S/C23H22N2O3S2/c1-14-24-22-20(30-14)11-19(18-8-10-29-23(18)22)28-13-21(26)25-9-7-16(12-25)15-3-5-17(27-2)6-4-15/h3-6,8,10-11,16H,7,9,12-13H2,1-2H3. The summed E-state index contributed by atoms with van der Waals surface area (Å²) in [5.41, 5.74) is 2.28. The Morgan fingerprint density at radius 1 is 1.27 bits per heavy atom. The lowest BCUT2D eigenvalue weighted by atomic mass is 9.98. The number of likely N-dealkylation sites (tertiary alicyclic amines) is 1. The maximum absolute atomic E-state index is 12.8. The van der Waals surface area contributed by atoms with Gasteiger partial charge in [-0.3, -0.25) is 4.79 Å². The fourth-order valence-electron chi connectivity index (χ4n) is 4.07. The highest BCUT2D eigenvalue weighted by molar-refractivity contribution is 7.21. The quantitative estimate of drug-likeness (QED) is 0.429. The molecule has 1 aliphatic heterocycles. The predicted octanol–water partition coefficient (Wildman–Crippen LogP) is 5.22. The van der Waals surface area contributed by atoms with Crippen LogP contribution in [0.2, 0.25) is 0 Å². The molecule has 1 unspecified atom stereocenters. The highest BCUT2D eigenvalue weighted by Gasteiger charge is 2.27. The van der Waals surface area contributed by atoms with Crippen LogP contribution in [0.3, 0.4) is 0 Å². The molecule has 1 atom stereocenters. The molecule has 1 aliphatic rings. The summed E-state index contributed by atoms with van der Waals surface area (Å²) in [4.78, 5) is 19.4. The van der Waals surface area contributed by atoms with Gasteiger partial charge in [0, 0.05) is 30.5 Å². The SMILES string of the molecule is COc1ccc(C2CCN(C(=O)COc3cc4sc(C)nc4c4sccc34)C2)cc1. The van der Waals surface area contributed by atoms with Gasteiger partial charge in [-0.05, 0) is 42.5 Å². The maximum Gasteiger partial charge on any atom is 0.260 e. The van der Waals surface area contributed by atoms with Crippen molar-refractivity contribution in [3.8, 4) is 11.5 Å². The van der Waals surface area contributed by atoms with Crippen molar-refractivity contribution in [3.63, 3.8) is 0 Å². The lowest BCUT2D eigenvalue weighted by Gasteiger charge is -2.17. The molecule has 0 saturated carbocycles. The first-order valence-electron chi connectivity index (χ1n) is 9.94. The van der Waals surface area contributed by atoms with Crippen LogP contribution in [0.1, 0.15) is 22.9 Å². The number of rotatable bonds is 5. The zero-order chi connectivity index (χ0) is 20.7. The number of hydrogen-bond donors (Lipinski definition) is 0. The van der Waals surface area contributed by atoms with Crippen molar-refractivity contribution in [3.05, 3.63) is 52.3 Å². The summed E-state index contributed by atoms with van der Waals surface area (Å²) in [6.07, 6.45) is 0.971. The Morgan fingerprint density at radius 3 is 2.90 bits per heavy atom. The number of methoxy groups -OCH3 is 1. The number of carbonyl (C=O) groups excluding carboxylic acids is 1. The van der Waals surface area contributed by atoms with Gasteiger partial charge in [-0.1, -0.05) is 12.1 Å². The summed E-state index contributed by atoms with van der Waals surface area (Å²) in [7, 11) is 1.67. The summed E-state index contributed by atoms with van der Waals surface area (Å²) in [5, 5.41) is 4.12. The lowest BCUT2D eigenvalue weighted by molar-refractivity contribution is -0.132. The average Bonchev–Trinajstić information content (AvgIpc) is 3.50. The summed E-state index contributed by atoms with van der Waals surface area (Å²) in [6.45, 7) is 3.57. The number of carbonyl (C=O) groups is 1. The Labute approximate surface area is 182 Å². The van der Waals surface area contributed by atoms with Gasteiger partial charge in [-0.25, -0.2) is 4.98 Å². The van der Waals surface area contributed by atoms with Crippen LogP contribution in [-0.4, -0.2) is 42.6 Å². The number of thiazole rings is 1. The molecule has 5 rings (SSSR count). The van der Waals surface area contributed by atoms with E-state index in [1.165, 1.54) is 5.56 Å². The van der Waals surface area contributed by atoms with Gasteiger partial charge in [0.1, 0.15) is 11.5 Å². The zero-order valence-corrected chi connectivity index (χ0v) is 18.5. The van der Waals surface area contributed by atoms with E-state index in [2.05, 4.69) is 17.1 Å². The minimum absolute atomic E-state index is 0.0370. The minimum Gasteiger partial charge on any atom is -0.497 e. The van der Waals surface area contributed by atoms with Crippen molar-refractivity contribution >= 4 is 48.9 Å². The number of aromatic nitrogens is 1. The van der Waals surface area contributed by atoms with Crippen LogP contribution in [0.4, 0.5) is 0 Å². The molecule has 7 heteroatoms. The molecule has 1 amide bonds. The first-order valence-corrected chi connectivity index (χ1v) is 11.6. The van der Waals surface area contributed by atoms with Gasteiger partial charge in [0.2, 0.25) is 0 Å². The van der Waals surface area contributed by atoms with Crippen molar-refractivity contribution in [2.24, 2.45) is 0 Å². The minimum atomic E-state index is 0.0370. The third-order valence-corrected chi connectivity index (χ3v) is 7.49. The van der Waals surface area contributed by atoms with E-state index in [9.17, 15) is 4.79 Å². The van der Waals surface area contributed by atoms with E-state index in [1.807, 2.05) is 41.5 Å². The van der Waals surface area contributed by atoms with Gasteiger partial charge in [0.05, 0.1) is 27.0 Å². The van der Waals surface area contributed by atoms with Crippen molar-refractivity contribution < 1.29 is 14.3 Å². The number of amides is 1. The molecule has 4 aromatic rings. The van der Waals surface area contributed by atoms with Crippen molar-refractivity contribution in [2.75, 3.05) is 26.8 Å². The van der Waals surface area contributed by atoms with Crippen LogP contribution >= 0.6 is 22.7 Å². The number of thiophene rings is 1. The molecular weight excluding hydrogens is 416 g/mol. The Balaban J connectivity index is 1.27. The van der Waals surface area contributed by atoms with E-state index in [4.69, 9.17) is 9.47 Å². The van der Waals surface area contributed by atoms with E-state index >= 15 is 0 Å². The number of fused-ring (bicyclic) bond motifs is 3. The maximum atomic E-state index is 12.8. The van der Waals surface area contributed by atoms with E-state index in [1.54, 1.807) is 29.8 Å². The molecule has 2 aromatic carbocycles. The Hall–Kier alpha value is -2.64. The van der Waals surface area contributed by atoms with Crippen LogP contribution in [0.15, 0.2) is 41.8 Å². The summed E-state index contributed by atoms with van der Waals surface area (Å²) in [5.74, 6) is 2.02. The van der Waals surface area contributed by atoms with Gasteiger partial charge in [0.15, 0.2) is 6.61 Å². The Morgan fingerprint density at radius 2 is 2.10 bits per heavy atom. The molecule has 2 aromatic heterocycles. The van der Waals surface area contributed by atoms with Crippen LogP contribution in [0, 0.1) is 6.92 Å². The number of benzene rings is 2. The molecule has 3 heterocycles. The van der Waals surface area contributed by atoms with Crippen molar-refractivity contribution in [1.29, 1.82) is 0 Å². The van der Waals surface area contributed by atoms with Gasteiger partial charge < -0.3 is 14.4 Å². The Kier molecular flexibility index (Phi) is 5.08. The van der Waals surface area contributed by atoms with Crippen LogP contribution in [0.5, 0.6) is 11.5 Å². The molecule has 0 radical (unpaired) electrons. The number of hydrogen-bond acceptors (Lipinski definition) is 6. The van der Waals surface area contributed by atoms with E-state index in [0.29, 0.717) is 5.92 Å². The summed E-state index contributed by atoms with van der Waals surface area (Å²) in [6, 6.07) is 12.2. The molecule has 5 nitrogen and oxygen atoms in total. The average molecular weight is 439 g/mol. The third-order valence-electron chi connectivity index (χ3n) is 5.65. The largest absolute Gasteiger partial charge is 0.497 e. The van der Waals surface area contributed by atoms with Gasteiger partial charge in [-0.2, -0.15) is 0 Å². The predicted molar refractivity (Wildman–Crippen MR) is 122 cm³/mol. The molecule has 1 saturated heterocycles. The van der Waals surface area contributed by atoms with Gasteiger partial charge in [0.25, 0.3) is 5.91 Å². The normalized spacial score (nSPS) is 16.5. The smallest absolute Gasteiger partial charge is 0.260 e.